The smallest absolute Gasteiger partial charge is 0.122 e. The fourth-order valence-electron chi connectivity index (χ4n) is 2.69. The summed E-state index contributed by atoms with van der Waals surface area (Å²) < 4.78 is 5.71. The van der Waals surface area contributed by atoms with E-state index in [-0.39, 0.29) is 10.8 Å². The SMILES string of the molecule is CC(C)(C)C(Cl)CCCC1CCOc2ccccc21. The number of benzene rings is 1. The summed E-state index contributed by atoms with van der Waals surface area (Å²) in [6, 6.07) is 8.46. The normalized spacial score (nSPS) is 20.5. The number of alkyl halides is 1. The molecule has 0 bridgehead atoms. The van der Waals surface area contributed by atoms with Gasteiger partial charge in [-0.1, -0.05) is 45.4 Å². The third-order valence-electron chi connectivity index (χ3n) is 4.03. The maximum atomic E-state index is 6.45. The number of hydrogen-bond acceptors (Lipinski definition) is 1. The third kappa shape index (κ3) is 3.89. The summed E-state index contributed by atoms with van der Waals surface area (Å²) in [4.78, 5) is 0. The number of ether oxygens (including phenoxy) is 1. The summed E-state index contributed by atoms with van der Waals surface area (Å²) in [5, 5.41) is 0.266. The predicted molar refractivity (Wildman–Crippen MR) is 82.2 cm³/mol. The standard InChI is InChI=1S/C17H25ClO/c1-17(2,3)16(18)10-6-7-13-11-12-19-15-9-5-4-8-14(13)15/h4-5,8-9,13,16H,6-7,10-12H2,1-3H3. The van der Waals surface area contributed by atoms with Gasteiger partial charge in [-0.3, -0.25) is 0 Å². The Labute approximate surface area is 122 Å². The molecule has 0 saturated heterocycles. The molecule has 0 saturated carbocycles. The van der Waals surface area contributed by atoms with Gasteiger partial charge in [0, 0.05) is 5.38 Å². The summed E-state index contributed by atoms with van der Waals surface area (Å²) in [6.07, 6.45) is 4.66. The van der Waals surface area contributed by atoms with E-state index in [1.807, 2.05) is 0 Å². The average molecular weight is 281 g/mol. The van der Waals surface area contributed by atoms with Gasteiger partial charge in [-0.15, -0.1) is 11.6 Å². The number of halogens is 1. The molecule has 0 amide bonds. The van der Waals surface area contributed by atoms with Gasteiger partial charge in [0.2, 0.25) is 0 Å². The van der Waals surface area contributed by atoms with Crippen molar-refractivity contribution in [3.05, 3.63) is 29.8 Å². The number of hydrogen-bond donors (Lipinski definition) is 0. The molecule has 1 aromatic carbocycles. The van der Waals surface area contributed by atoms with Crippen LogP contribution in [-0.4, -0.2) is 12.0 Å². The zero-order chi connectivity index (χ0) is 13.9. The van der Waals surface area contributed by atoms with E-state index in [1.165, 1.54) is 18.4 Å². The quantitative estimate of drug-likeness (QED) is 0.673. The van der Waals surface area contributed by atoms with Crippen LogP contribution < -0.4 is 4.74 Å². The highest BCUT2D eigenvalue weighted by Crippen LogP contribution is 2.37. The van der Waals surface area contributed by atoms with Crippen LogP contribution in [0, 0.1) is 5.41 Å². The molecule has 2 unspecified atom stereocenters. The molecule has 1 aliphatic rings. The van der Waals surface area contributed by atoms with Gasteiger partial charge in [0.15, 0.2) is 0 Å². The first-order chi connectivity index (χ1) is 8.98. The highest BCUT2D eigenvalue weighted by molar-refractivity contribution is 6.21. The van der Waals surface area contributed by atoms with E-state index < -0.39 is 0 Å². The maximum Gasteiger partial charge on any atom is 0.122 e. The van der Waals surface area contributed by atoms with Gasteiger partial charge >= 0.3 is 0 Å². The van der Waals surface area contributed by atoms with Crippen molar-refractivity contribution in [2.45, 2.75) is 57.7 Å². The van der Waals surface area contributed by atoms with Gasteiger partial charge in [-0.05, 0) is 42.2 Å². The van der Waals surface area contributed by atoms with Crippen molar-refractivity contribution in [2.24, 2.45) is 5.41 Å². The van der Waals surface area contributed by atoms with Crippen molar-refractivity contribution >= 4 is 11.6 Å². The molecule has 19 heavy (non-hydrogen) atoms. The second-order valence-corrected chi connectivity index (χ2v) is 7.16. The fourth-order valence-corrected chi connectivity index (χ4v) is 2.85. The van der Waals surface area contributed by atoms with Crippen molar-refractivity contribution in [1.29, 1.82) is 0 Å². The maximum absolute atomic E-state index is 6.45. The van der Waals surface area contributed by atoms with Gasteiger partial charge in [-0.2, -0.15) is 0 Å². The molecular weight excluding hydrogens is 256 g/mol. The molecule has 2 atom stereocenters. The minimum absolute atomic E-state index is 0.204. The van der Waals surface area contributed by atoms with E-state index in [0.717, 1.165) is 25.2 Å². The van der Waals surface area contributed by atoms with Crippen LogP contribution in [0.3, 0.4) is 0 Å². The van der Waals surface area contributed by atoms with Crippen LogP contribution in [0.25, 0.3) is 0 Å². The molecule has 0 radical (unpaired) electrons. The summed E-state index contributed by atoms with van der Waals surface area (Å²) in [6.45, 7) is 7.50. The van der Waals surface area contributed by atoms with Crippen molar-refractivity contribution in [3.8, 4) is 5.75 Å². The van der Waals surface area contributed by atoms with E-state index in [2.05, 4.69) is 45.0 Å². The van der Waals surface area contributed by atoms with Crippen LogP contribution >= 0.6 is 11.6 Å². The van der Waals surface area contributed by atoms with Crippen LogP contribution in [0.15, 0.2) is 24.3 Å². The zero-order valence-corrected chi connectivity index (χ0v) is 13.0. The minimum atomic E-state index is 0.204. The molecule has 0 aromatic heterocycles. The third-order valence-corrected chi connectivity index (χ3v) is 4.91. The van der Waals surface area contributed by atoms with Gasteiger partial charge in [0.1, 0.15) is 5.75 Å². The highest BCUT2D eigenvalue weighted by Gasteiger charge is 2.24. The Balaban J connectivity index is 1.88. The molecule has 1 aliphatic heterocycles. The first-order valence-corrected chi connectivity index (χ1v) is 7.78. The Bertz CT molecular complexity index is 408. The Hall–Kier alpha value is -0.690. The molecule has 0 fully saturated rings. The lowest BCUT2D eigenvalue weighted by Gasteiger charge is -2.28. The molecule has 0 N–H and O–H groups in total. The molecule has 2 rings (SSSR count). The lowest BCUT2D eigenvalue weighted by Crippen LogP contribution is -2.21. The van der Waals surface area contributed by atoms with Crippen LogP contribution in [0.1, 0.15) is 57.9 Å². The van der Waals surface area contributed by atoms with Crippen LogP contribution in [-0.2, 0) is 0 Å². The number of fused-ring (bicyclic) bond motifs is 1. The van der Waals surface area contributed by atoms with Crippen molar-refractivity contribution in [3.63, 3.8) is 0 Å². The van der Waals surface area contributed by atoms with E-state index >= 15 is 0 Å². The van der Waals surface area contributed by atoms with E-state index in [1.54, 1.807) is 0 Å². The van der Waals surface area contributed by atoms with E-state index in [9.17, 15) is 0 Å². The Morgan fingerprint density at radius 1 is 1.32 bits per heavy atom. The Morgan fingerprint density at radius 2 is 2.05 bits per heavy atom. The topological polar surface area (TPSA) is 9.23 Å². The van der Waals surface area contributed by atoms with Crippen LogP contribution in [0.5, 0.6) is 5.75 Å². The van der Waals surface area contributed by atoms with Crippen molar-refractivity contribution in [1.82, 2.24) is 0 Å². The minimum Gasteiger partial charge on any atom is -0.493 e. The predicted octanol–water partition coefficient (Wildman–Crippen LogP) is 5.38. The summed E-state index contributed by atoms with van der Waals surface area (Å²) >= 11 is 6.45. The lowest BCUT2D eigenvalue weighted by molar-refractivity contribution is 0.259. The summed E-state index contributed by atoms with van der Waals surface area (Å²) in [5.74, 6) is 1.73. The molecule has 106 valence electrons. The zero-order valence-electron chi connectivity index (χ0n) is 12.3. The van der Waals surface area contributed by atoms with Crippen molar-refractivity contribution < 1.29 is 4.74 Å². The van der Waals surface area contributed by atoms with E-state index in [4.69, 9.17) is 16.3 Å². The molecular formula is C17H25ClO. The van der Waals surface area contributed by atoms with Gasteiger partial charge < -0.3 is 4.74 Å². The molecule has 2 heteroatoms. The monoisotopic (exact) mass is 280 g/mol. The van der Waals surface area contributed by atoms with Gasteiger partial charge in [0.25, 0.3) is 0 Å². The average Bonchev–Trinajstić information content (AvgIpc) is 2.38. The molecule has 0 spiro atoms. The number of para-hydroxylation sites is 1. The second-order valence-electron chi connectivity index (χ2n) is 6.64. The lowest BCUT2D eigenvalue weighted by atomic mass is 9.85. The molecule has 1 nitrogen and oxygen atoms in total. The largest absolute Gasteiger partial charge is 0.493 e. The number of rotatable bonds is 4. The first kappa shape index (κ1) is 14.7. The molecule has 0 aliphatic carbocycles. The van der Waals surface area contributed by atoms with Gasteiger partial charge in [0.05, 0.1) is 6.61 Å². The van der Waals surface area contributed by atoms with E-state index in [0.29, 0.717) is 5.92 Å². The van der Waals surface area contributed by atoms with Crippen LogP contribution in [0.2, 0.25) is 0 Å². The molecule has 1 aromatic rings. The highest BCUT2D eigenvalue weighted by atomic mass is 35.5. The summed E-state index contributed by atoms with van der Waals surface area (Å²) in [5.41, 5.74) is 1.59. The summed E-state index contributed by atoms with van der Waals surface area (Å²) in [7, 11) is 0. The van der Waals surface area contributed by atoms with Gasteiger partial charge in [-0.25, -0.2) is 0 Å². The first-order valence-electron chi connectivity index (χ1n) is 7.34. The molecule has 1 heterocycles. The second kappa shape index (κ2) is 6.17. The fraction of sp³-hybridized carbons (Fsp3) is 0.647. The van der Waals surface area contributed by atoms with Crippen LogP contribution in [0.4, 0.5) is 0 Å². The Morgan fingerprint density at radius 3 is 2.79 bits per heavy atom. The Kier molecular flexibility index (Phi) is 4.78. The van der Waals surface area contributed by atoms with Crippen molar-refractivity contribution in [2.75, 3.05) is 6.61 Å².